The van der Waals surface area contributed by atoms with Gasteiger partial charge >= 0.3 is 5.97 Å². The van der Waals surface area contributed by atoms with E-state index in [2.05, 4.69) is 46.4 Å². The van der Waals surface area contributed by atoms with Crippen LogP contribution >= 0.6 is 0 Å². The third-order valence-electron chi connectivity index (χ3n) is 17.6. The minimum Gasteiger partial charge on any atom is -0.462 e. The van der Waals surface area contributed by atoms with Crippen LogP contribution in [0.25, 0.3) is 0 Å². The molecule has 0 radical (unpaired) electrons. The Morgan fingerprint density at radius 3 is 2.12 bits per heavy atom. The number of hydrogen-bond acceptors (Lipinski definition) is 5. The van der Waals surface area contributed by atoms with Crippen molar-refractivity contribution in [1.29, 1.82) is 0 Å². The maximum absolute atomic E-state index is 14.8. The Balaban J connectivity index is 1.16. The SMILES string of the molecule is CC(C)(CC(=O)O[C@H]1CC[C@]2(C)[C@H]3CC[C@@H]4[C@H]5[C@H](C6(C)CC6)CC[C@]5(C(=O)N5CCCCC5)CC[C@@]4(C)[C@]3(C)CC[C@H]2C1(C)C)OC=O. The van der Waals surface area contributed by atoms with E-state index in [0.29, 0.717) is 47.4 Å². The molecule has 1 amide bonds. The number of ether oxygens (including phenoxy) is 2. The Bertz CT molecular complexity index is 1300. The van der Waals surface area contributed by atoms with E-state index < -0.39 is 5.60 Å². The van der Waals surface area contributed by atoms with Crippen LogP contribution in [0, 0.1) is 62.1 Å². The van der Waals surface area contributed by atoms with Gasteiger partial charge in [0.25, 0.3) is 6.47 Å². The van der Waals surface area contributed by atoms with E-state index in [4.69, 9.17) is 9.47 Å². The highest BCUT2D eigenvalue weighted by atomic mass is 16.6. The van der Waals surface area contributed by atoms with Crippen molar-refractivity contribution in [2.24, 2.45) is 62.1 Å². The molecular formula is C42H67NO5. The first-order valence-electron chi connectivity index (χ1n) is 20.1. The van der Waals surface area contributed by atoms with Gasteiger partial charge in [0.2, 0.25) is 5.91 Å². The number of piperidine rings is 1. The zero-order valence-corrected chi connectivity index (χ0v) is 31.8. The summed E-state index contributed by atoms with van der Waals surface area (Å²) in [5.74, 6) is 3.30. The van der Waals surface area contributed by atoms with Gasteiger partial charge in [0, 0.05) is 18.5 Å². The Morgan fingerprint density at radius 2 is 1.46 bits per heavy atom. The summed E-state index contributed by atoms with van der Waals surface area (Å²) < 4.78 is 11.4. The third-order valence-corrected chi connectivity index (χ3v) is 17.6. The molecule has 6 aliphatic carbocycles. The standard InChI is InChI=1S/C42H67NO5/c1-36(2,47-27-44)26-33(45)48-32-16-17-39(6)30(37(32,3)4)15-18-41(8)31(39)13-12-29-34-28(38(5)20-21-38)14-19-42(34,23-22-40(29,41)7)35(46)43-24-10-9-11-25-43/h27-32,34H,9-26H2,1-8H3/t28-,29-,30+,31-,32+,34-,39+,40-,41-,42+/m1/s1. The van der Waals surface area contributed by atoms with Gasteiger partial charge in [-0.25, -0.2) is 0 Å². The molecule has 0 aromatic rings. The summed E-state index contributed by atoms with van der Waals surface area (Å²) >= 11 is 0. The molecule has 1 heterocycles. The number of nitrogens with zero attached hydrogens (tertiary/aromatic N) is 1. The van der Waals surface area contributed by atoms with E-state index >= 15 is 0 Å². The van der Waals surface area contributed by atoms with Crippen molar-refractivity contribution in [3.8, 4) is 0 Å². The number of amides is 1. The lowest BCUT2D eigenvalue weighted by Gasteiger charge is -2.73. The first-order valence-corrected chi connectivity index (χ1v) is 20.1. The topological polar surface area (TPSA) is 72.9 Å². The predicted octanol–water partition coefficient (Wildman–Crippen LogP) is 9.13. The van der Waals surface area contributed by atoms with Crippen LogP contribution in [0.4, 0.5) is 0 Å². The number of rotatable bonds is 7. The molecular weight excluding hydrogens is 598 g/mol. The van der Waals surface area contributed by atoms with Crippen LogP contribution in [0.5, 0.6) is 0 Å². The minimum atomic E-state index is -0.863. The third kappa shape index (κ3) is 5.00. The summed E-state index contributed by atoms with van der Waals surface area (Å²) in [6.07, 6.45) is 17.9. The highest BCUT2D eigenvalue weighted by Crippen LogP contribution is 2.79. The van der Waals surface area contributed by atoms with E-state index in [1.165, 1.54) is 70.6 Å². The number of carbonyl (C=O) groups excluding carboxylic acids is 3. The molecule has 1 aliphatic heterocycles. The van der Waals surface area contributed by atoms with Crippen molar-refractivity contribution in [2.75, 3.05) is 13.1 Å². The lowest BCUT2D eigenvalue weighted by atomic mass is 9.32. The van der Waals surface area contributed by atoms with Crippen LogP contribution in [-0.4, -0.2) is 48.0 Å². The van der Waals surface area contributed by atoms with Crippen LogP contribution < -0.4 is 0 Å². The summed E-state index contributed by atoms with van der Waals surface area (Å²) in [6, 6.07) is 0. The summed E-state index contributed by atoms with van der Waals surface area (Å²) in [7, 11) is 0. The minimum absolute atomic E-state index is 0.0731. The van der Waals surface area contributed by atoms with Crippen molar-refractivity contribution >= 4 is 18.3 Å². The molecule has 7 fully saturated rings. The maximum atomic E-state index is 14.8. The molecule has 7 rings (SSSR count). The summed E-state index contributed by atoms with van der Waals surface area (Å²) in [5, 5.41) is 0. The number of carbonyl (C=O) groups is 3. The predicted molar refractivity (Wildman–Crippen MR) is 188 cm³/mol. The largest absolute Gasteiger partial charge is 0.462 e. The van der Waals surface area contributed by atoms with Crippen molar-refractivity contribution in [3.05, 3.63) is 0 Å². The summed E-state index contributed by atoms with van der Waals surface area (Å²) in [5.41, 5.74) is 0.0127. The lowest BCUT2D eigenvalue weighted by molar-refractivity contribution is -0.251. The number of esters is 1. The van der Waals surface area contributed by atoms with Crippen molar-refractivity contribution in [3.63, 3.8) is 0 Å². The smallest absolute Gasteiger partial charge is 0.310 e. The van der Waals surface area contributed by atoms with Gasteiger partial charge in [0.15, 0.2) is 0 Å². The molecule has 1 saturated heterocycles. The van der Waals surface area contributed by atoms with Crippen molar-refractivity contribution in [1.82, 2.24) is 4.90 Å². The molecule has 6 saturated carbocycles. The highest BCUT2D eigenvalue weighted by Gasteiger charge is 2.73. The maximum Gasteiger partial charge on any atom is 0.310 e. The molecule has 6 heteroatoms. The van der Waals surface area contributed by atoms with Gasteiger partial charge in [0.05, 0.1) is 11.8 Å². The van der Waals surface area contributed by atoms with Crippen LogP contribution in [-0.2, 0) is 23.9 Å². The first kappa shape index (κ1) is 34.8. The zero-order chi connectivity index (χ0) is 34.5. The molecule has 0 aromatic heterocycles. The number of likely N-dealkylation sites (tertiary alicyclic amines) is 1. The van der Waals surface area contributed by atoms with E-state index in [0.717, 1.165) is 38.8 Å². The molecule has 0 bridgehead atoms. The molecule has 0 spiro atoms. The van der Waals surface area contributed by atoms with Crippen LogP contribution in [0.1, 0.15) is 158 Å². The number of fused-ring (bicyclic) bond motifs is 7. The Hall–Kier alpha value is -1.59. The molecule has 270 valence electrons. The average molecular weight is 666 g/mol. The van der Waals surface area contributed by atoms with Gasteiger partial charge in [-0.15, -0.1) is 0 Å². The van der Waals surface area contributed by atoms with E-state index in [1.807, 2.05) is 0 Å². The summed E-state index contributed by atoms with van der Waals surface area (Å²) in [4.78, 5) is 41.2. The van der Waals surface area contributed by atoms with Gasteiger partial charge in [0.1, 0.15) is 11.7 Å². The summed E-state index contributed by atoms with van der Waals surface area (Å²) in [6.45, 7) is 21.2. The van der Waals surface area contributed by atoms with Crippen LogP contribution in [0.2, 0.25) is 0 Å². The van der Waals surface area contributed by atoms with Crippen LogP contribution in [0.15, 0.2) is 0 Å². The normalized spacial score (nSPS) is 45.9. The molecule has 48 heavy (non-hydrogen) atoms. The second kappa shape index (κ2) is 11.5. The van der Waals surface area contributed by atoms with E-state index in [9.17, 15) is 14.4 Å². The Morgan fingerprint density at radius 1 is 0.750 bits per heavy atom. The van der Waals surface area contributed by atoms with E-state index in [1.54, 1.807) is 13.8 Å². The monoisotopic (exact) mass is 666 g/mol. The average Bonchev–Trinajstić information content (AvgIpc) is 3.63. The molecule has 0 unspecified atom stereocenters. The molecule has 6 nitrogen and oxygen atoms in total. The van der Waals surface area contributed by atoms with Gasteiger partial charge < -0.3 is 14.4 Å². The first-order chi connectivity index (χ1) is 22.5. The van der Waals surface area contributed by atoms with Gasteiger partial charge in [-0.3, -0.25) is 14.4 Å². The van der Waals surface area contributed by atoms with Gasteiger partial charge in [-0.05, 0) is 161 Å². The van der Waals surface area contributed by atoms with Crippen molar-refractivity contribution in [2.45, 2.75) is 170 Å². The second-order valence-corrected chi connectivity index (χ2v) is 20.5. The van der Waals surface area contributed by atoms with Gasteiger partial charge in [-0.1, -0.05) is 41.5 Å². The Kier molecular flexibility index (Phi) is 8.32. The van der Waals surface area contributed by atoms with E-state index in [-0.39, 0.29) is 45.6 Å². The second-order valence-electron chi connectivity index (χ2n) is 20.5. The number of hydrogen-bond donors (Lipinski definition) is 0. The molecule has 0 aromatic carbocycles. The zero-order valence-electron chi connectivity index (χ0n) is 31.8. The van der Waals surface area contributed by atoms with Crippen LogP contribution in [0.3, 0.4) is 0 Å². The fourth-order valence-corrected chi connectivity index (χ4v) is 14.6. The lowest BCUT2D eigenvalue weighted by Crippen LogP contribution is -2.67. The molecule has 7 aliphatic rings. The quantitative estimate of drug-likeness (QED) is 0.200. The van der Waals surface area contributed by atoms with Gasteiger partial charge in [-0.2, -0.15) is 0 Å². The molecule has 0 N–H and O–H groups in total. The highest BCUT2D eigenvalue weighted by molar-refractivity contribution is 5.84. The fourth-order valence-electron chi connectivity index (χ4n) is 14.6. The molecule has 10 atom stereocenters. The fraction of sp³-hybridized carbons (Fsp3) is 0.929. The Labute approximate surface area is 291 Å². The van der Waals surface area contributed by atoms with Crippen molar-refractivity contribution < 1.29 is 23.9 Å².